The Morgan fingerprint density at radius 3 is 1.92 bits per heavy atom. The van der Waals surface area contributed by atoms with Gasteiger partial charge in [-0.05, 0) is 60.9 Å². The molecule has 202 valence electrons. The molecule has 8 heteroatoms. The van der Waals surface area contributed by atoms with E-state index < -0.39 is 16.8 Å². The van der Waals surface area contributed by atoms with Crippen molar-refractivity contribution in [1.82, 2.24) is 9.97 Å². The number of aromatic nitrogens is 2. The van der Waals surface area contributed by atoms with Gasteiger partial charge in [-0.15, -0.1) is 11.8 Å². The average molecular weight is 545 g/mol. The lowest BCUT2D eigenvalue weighted by molar-refractivity contribution is -0.146. The number of carboxylic acids is 1. The number of methoxy groups -OCH3 is 2. The molecule has 1 N–H and O–H groups in total. The molecule has 7 nitrogen and oxygen atoms in total. The Morgan fingerprint density at radius 1 is 0.846 bits per heavy atom. The molecule has 0 aliphatic heterocycles. The number of carbonyl (C=O) groups is 1. The van der Waals surface area contributed by atoms with E-state index in [9.17, 15) is 9.90 Å². The molecule has 1 atom stereocenters. The fraction of sp³-hybridized carbons (Fsp3) is 0.258. The van der Waals surface area contributed by atoms with Gasteiger partial charge >= 0.3 is 12.0 Å². The number of aliphatic carboxylic acids is 1. The lowest BCUT2D eigenvalue weighted by Gasteiger charge is -2.38. The molecule has 39 heavy (non-hydrogen) atoms. The van der Waals surface area contributed by atoms with Crippen molar-refractivity contribution in [3.05, 3.63) is 113 Å². The van der Waals surface area contributed by atoms with Gasteiger partial charge in [0.25, 0.3) is 0 Å². The molecule has 0 fully saturated rings. The number of carboxylic acid groups (broad SMARTS) is 1. The number of thioether (sulfide) groups is 1. The highest BCUT2D eigenvalue weighted by Gasteiger charge is 2.49. The Hall–Kier alpha value is -4.04. The van der Waals surface area contributed by atoms with Gasteiger partial charge in [-0.1, -0.05) is 66.7 Å². The van der Waals surface area contributed by atoms with Crippen LogP contribution in [0.25, 0.3) is 0 Å². The minimum absolute atomic E-state index is 0.0385. The van der Waals surface area contributed by atoms with Crippen molar-refractivity contribution in [2.75, 3.05) is 20.0 Å². The van der Waals surface area contributed by atoms with Gasteiger partial charge in [0.05, 0.1) is 14.2 Å². The Labute approximate surface area is 233 Å². The fourth-order valence-corrected chi connectivity index (χ4v) is 6.17. The molecule has 0 spiro atoms. The van der Waals surface area contributed by atoms with Crippen LogP contribution in [-0.4, -0.2) is 47.1 Å². The molecule has 0 radical (unpaired) electrons. The van der Waals surface area contributed by atoms with Gasteiger partial charge < -0.3 is 19.3 Å². The summed E-state index contributed by atoms with van der Waals surface area (Å²) in [4.78, 5) is 21.8. The maximum Gasteiger partial charge on any atom is 0.347 e. The normalized spacial score (nSPS) is 12.0. The van der Waals surface area contributed by atoms with E-state index in [0.717, 1.165) is 16.7 Å². The van der Waals surface area contributed by atoms with Gasteiger partial charge in [-0.25, -0.2) is 14.8 Å². The number of rotatable bonds is 12. The third-order valence-electron chi connectivity index (χ3n) is 6.35. The van der Waals surface area contributed by atoms with Crippen molar-refractivity contribution in [2.45, 2.75) is 31.1 Å². The van der Waals surface area contributed by atoms with E-state index in [-0.39, 0.29) is 6.01 Å². The highest BCUT2D eigenvalue weighted by Crippen LogP contribution is 2.47. The largest absolute Gasteiger partial charge is 0.493 e. The monoisotopic (exact) mass is 544 g/mol. The predicted octanol–water partition coefficient (Wildman–Crippen LogP) is 5.86. The highest BCUT2D eigenvalue weighted by molar-refractivity contribution is 8.00. The average Bonchev–Trinajstić information content (AvgIpc) is 2.94. The zero-order valence-electron chi connectivity index (χ0n) is 22.5. The van der Waals surface area contributed by atoms with Gasteiger partial charge in [0.15, 0.2) is 11.5 Å². The van der Waals surface area contributed by atoms with Crippen molar-refractivity contribution in [1.29, 1.82) is 0 Å². The first-order valence-electron chi connectivity index (χ1n) is 12.5. The van der Waals surface area contributed by atoms with Crippen LogP contribution >= 0.6 is 11.8 Å². The van der Waals surface area contributed by atoms with Crippen LogP contribution in [0.2, 0.25) is 0 Å². The van der Waals surface area contributed by atoms with Crippen molar-refractivity contribution in [3.8, 4) is 17.5 Å². The Morgan fingerprint density at radius 2 is 1.41 bits per heavy atom. The number of nitrogens with zero attached hydrogens (tertiary/aromatic N) is 2. The van der Waals surface area contributed by atoms with Crippen LogP contribution in [0.5, 0.6) is 17.5 Å². The van der Waals surface area contributed by atoms with Crippen LogP contribution < -0.4 is 14.2 Å². The summed E-state index contributed by atoms with van der Waals surface area (Å²) in [5.74, 6) is 0.796. The molecule has 1 heterocycles. The summed E-state index contributed by atoms with van der Waals surface area (Å²) in [6, 6.07) is 26.9. The summed E-state index contributed by atoms with van der Waals surface area (Å²) in [5.41, 5.74) is 4.07. The quantitative estimate of drug-likeness (QED) is 0.237. The molecule has 3 aromatic carbocycles. The zero-order chi connectivity index (χ0) is 27.8. The van der Waals surface area contributed by atoms with Crippen molar-refractivity contribution in [3.63, 3.8) is 0 Å². The SMILES string of the molecule is COc1ccc(CCSC(c2ccccc2)(c2ccccc2)[C@H](Oc2nc(C)cc(C)n2)C(=O)O)cc1OC. The molecule has 4 rings (SSSR count). The van der Waals surface area contributed by atoms with Crippen LogP contribution in [0, 0.1) is 13.8 Å². The molecule has 0 saturated heterocycles. The van der Waals surface area contributed by atoms with Crippen LogP contribution in [-0.2, 0) is 16.0 Å². The van der Waals surface area contributed by atoms with Gasteiger partial charge in [0, 0.05) is 11.4 Å². The van der Waals surface area contributed by atoms with Gasteiger partial charge in [0.1, 0.15) is 4.75 Å². The second-order valence-corrected chi connectivity index (χ2v) is 10.4. The van der Waals surface area contributed by atoms with Gasteiger partial charge in [-0.3, -0.25) is 0 Å². The van der Waals surface area contributed by atoms with Crippen LogP contribution in [0.3, 0.4) is 0 Å². The predicted molar refractivity (Wildman–Crippen MR) is 153 cm³/mol. The minimum atomic E-state index is -1.32. The van der Waals surface area contributed by atoms with Gasteiger partial charge in [-0.2, -0.15) is 0 Å². The summed E-state index contributed by atoms with van der Waals surface area (Å²) in [7, 11) is 3.21. The fourth-order valence-electron chi connectivity index (χ4n) is 4.61. The Bertz CT molecular complexity index is 1340. The first kappa shape index (κ1) is 28.0. The van der Waals surface area contributed by atoms with Crippen molar-refractivity contribution < 1.29 is 24.1 Å². The molecule has 0 bridgehead atoms. The van der Waals surface area contributed by atoms with E-state index in [2.05, 4.69) is 9.97 Å². The third-order valence-corrected chi connectivity index (χ3v) is 7.90. The maximum absolute atomic E-state index is 13.0. The first-order chi connectivity index (χ1) is 18.9. The van der Waals surface area contributed by atoms with Crippen LogP contribution in [0.1, 0.15) is 28.1 Å². The number of ether oxygens (including phenoxy) is 3. The maximum atomic E-state index is 13.0. The molecule has 0 aliphatic carbocycles. The molecular formula is C31H32N2O5S. The summed E-state index contributed by atoms with van der Waals surface area (Å²) in [6.07, 6.45) is -0.655. The standard InChI is InChI=1S/C31H32N2O5S/c1-21-19-22(2)33-30(32-21)38-28(29(34)35)31(24-11-7-5-8-12-24,25-13-9-6-10-14-25)39-18-17-23-15-16-26(36-3)27(20-23)37-4/h5-16,19-20,28H,17-18H2,1-4H3,(H,34,35)/t28-/m1/s1. The van der Waals surface area contributed by atoms with Crippen LogP contribution in [0.4, 0.5) is 0 Å². The van der Waals surface area contributed by atoms with E-state index >= 15 is 0 Å². The Kier molecular flexibility index (Phi) is 9.09. The second kappa shape index (κ2) is 12.7. The van der Waals surface area contributed by atoms with Gasteiger partial charge in [0.2, 0.25) is 6.10 Å². The summed E-state index contributed by atoms with van der Waals surface area (Å²) >= 11 is 1.52. The molecular weight excluding hydrogens is 512 g/mol. The zero-order valence-corrected chi connectivity index (χ0v) is 23.3. The van der Waals surface area contributed by atoms with E-state index in [1.807, 2.05) is 98.8 Å². The number of aryl methyl sites for hydroxylation is 3. The van der Waals surface area contributed by atoms with Crippen molar-refractivity contribution in [2.24, 2.45) is 0 Å². The summed E-state index contributed by atoms with van der Waals surface area (Å²) in [5, 5.41) is 10.6. The Balaban J connectivity index is 1.79. The summed E-state index contributed by atoms with van der Waals surface area (Å²) in [6.45, 7) is 3.66. The third kappa shape index (κ3) is 6.34. The molecule has 0 aliphatic rings. The van der Waals surface area contributed by atoms with E-state index in [0.29, 0.717) is 35.1 Å². The topological polar surface area (TPSA) is 90.8 Å². The number of benzene rings is 3. The van der Waals surface area contributed by atoms with Crippen molar-refractivity contribution >= 4 is 17.7 Å². The van der Waals surface area contributed by atoms with Crippen LogP contribution in [0.15, 0.2) is 84.9 Å². The summed E-state index contributed by atoms with van der Waals surface area (Å²) < 4.78 is 15.9. The van der Waals surface area contributed by atoms with E-state index in [1.165, 1.54) is 11.8 Å². The molecule has 0 saturated carbocycles. The smallest absolute Gasteiger partial charge is 0.347 e. The molecule has 1 aromatic heterocycles. The first-order valence-corrected chi connectivity index (χ1v) is 13.5. The minimum Gasteiger partial charge on any atom is -0.493 e. The van der Waals surface area contributed by atoms with E-state index in [4.69, 9.17) is 14.2 Å². The number of hydrogen-bond acceptors (Lipinski definition) is 7. The second-order valence-electron chi connectivity index (χ2n) is 9.02. The molecule has 0 unspecified atom stereocenters. The molecule has 4 aromatic rings. The lowest BCUT2D eigenvalue weighted by Crippen LogP contribution is -2.47. The van der Waals surface area contributed by atoms with E-state index in [1.54, 1.807) is 14.2 Å². The number of hydrogen-bond donors (Lipinski definition) is 1. The lowest BCUT2D eigenvalue weighted by atomic mass is 9.85. The molecule has 0 amide bonds. The highest BCUT2D eigenvalue weighted by atomic mass is 32.2.